The van der Waals surface area contributed by atoms with Crippen molar-refractivity contribution in [3.63, 3.8) is 0 Å². The summed E-state index contributed by atoms with van der Waals surface area (Å²) in [5, 5.41) is 0. The average Bonchev–Trinajstić information content (AvgIpc) is 0.902. The third-order valence-corrected chi connectivity index (χ3v) is 19.0. The maximum absolute atomic E-state index is 5.31. The van der Waals surface area contributed by atoms with Crippen LogP contribution in [-0.2, 0) is 10.8 Å². The van der Waals surface area contributed by atoms with Crippen LogP contribution < -0.4 is 0 Å². The summed E-state index contributed by atoms with van der Waals surface area (Å²) in [6.45, 7) is 9.38. The first kappa shape index (κ1) is 50.0. The van der Waals surface area contributed by atoms with Gasteiger partial charge in [0.1, 0.15) is 0 Å². The number of hydrogen-bond donors (Lipinski definition) is 0. The first-order valence-corrected chi connectivity index (χ1v) is 29.8. The molecule has 0 spiro atoms. The highest BCUT2D eigenvalue weighted by molar-refractivity contribution is 5.90. The number of fused-ring (bicyclic) bond motifs is 6. The van der Waals surface area contributed by atoms with Gasteiger partial charge in [-0.15, -0.1) is 0 Å². The van der Waals surface area contributed by atoms with Gasteiger partial charge in [-0.1, -0.05) is 270 Å². The van der Waals surface area contributed by atoms with Gasteiger partial charge in [0.25, 0.3) is 0 Å². The molecule has 0 amide bonds. The second kappa shape index (κ2) is 19.0. The molecular weight excluding hydrogens is 1040 g/mol. The fraction of sp³-hybridized carbons (Fsp3) is 0.100. The van der Waals surface area contributed by atoms with Crippen LogP contribution in [0.2, 0.25) is 0 Å². The Morgan fingerprint density at radius 1 is 0.221 bits per heavy atom. The van der Waals surface area contributed by atoms with Crippen molar-refractivity contribution in [3.05, 3.63) is 310 Å². The number of rotatable bonds is 8. The molecule has 6 heteroatoms. The maximum Gasteiger partial charge on any atom is 0.164 e. The predicted octanol–water partition coefficient (Wildman–Crippen LogP) is 19.0. The zero-order valence-electron chi connectivity index (χ0n) is 48.1. The van der Waals surface area contributed by atoms with E-state index in [-0.39, 0.29) is 22.7 Å². The minimum Gasteiger partial charge on any atom is -0.208 e. The van der Waals surface area contributed by atoms with Crippen molar-refractivity contribution < 1.29 is 0 Å². The van der Waals surface area contributed by atoms with E-state index in [1.54, 1.807) is 0 Å². The highest BCUT2D eigenvalue weighted by Crippen LogP contribution is 2.58. The first-order chi connectivity index (χ1) is 42.1. The van der Waals surface area contributed by atoms with Gasteiger partial charge in [-0.3, -0.25) is 0 Å². The molecule has 5 aliphatic rings. The average molecular weight is 1100 g/mol. The van der Waals surface area contributed by atoms with E-state index in [0.29, 0.717) is 34.9 Å². The molecule has 0 fully saturated rings. The third-order valence-electron chi connectivity index (χ3n) is 19.0. The summed E-state index contributed by atoms with van der Waals surface area (Å²) in [6.07, 6.45) is 0. The molecular formula is C80H56N6. The molecule has 11 aromatic carbocycles. The second-order valence-corrected chi connectivity index (χ2v) is 24.5. The first-order valence-electron chi connectivity index (χ1n) is 29.8. The molecule has 2 heterocycles. The molecule has 5 aliphatic carbocycles. The summed E-state index contributed by atoms with van der Waals surface area (Å²) in [4.78, 5) is 31.5. The van der Waals surface area contributed by atoms with E-state index in [4.69, 9.17) is 29.9 Å². The predicted molar refractivity (Wildman–Crippen MR) is 347 cm³/mol. The summed E-state index contributed by atoms with van der Waals surface area (Å²) in [5.41, 5.74) is 28.7. The molecule has 2 unspecified atom stereocenters. The van der Waals surface area contributed by atoms with E-state index in [1.165, 1.54) is 100 Å². The number of aromatic nitrogens is 6. The SMILES string of the molecule is CC1(C)c2ccccc2-c2cccc(-c3ccc(-c4nc(-c5ccccc5)nc(-c5ccc6c(c5)C5c7ccccc7C6c6cc(-c7nc(-c8ccccc8)nc(-c8ccc(-c9cccc%10c9C(C)(C)c9ccccc9-%10)cc8)n7)ccc65)n4)cc3)c21. The molecule has 2 atom stereocenters. The van der Waals surface area contributed by atoms with Gasteiger partial charge in [0.05, 0.1) is 0 Å². The number of nitrogens with zero attached hydrogens (tertiary/aromatic N) is 6. The van der Waals surface area contributed by atoms with Crippen molar-refractivity contribution in [2.75, 3.05) is 0 Å². The van der Waals surface area contributed by atoms with Crippen LogP contribution >= 0.6 is 0 Å². The summed E-state index contributed by atoms with van der Waals surface area (Å²) in [7, 11) is 0. The quantitative estimate of drug-likeness (QED) is 0.151. The topological polar surface area (TPSA) is 77.3 Å². The summed E-state index contributed by atoms with van der Waals surface area (Å²) < 4.78 is 0. The Morgan fingerprint density at radius 3 is 0.895 bits per heavy atom. The van der Waals surface area contributed by atoms with Gasteiger partial charge in [0.2, 0.25) is 0 Å². The van der Waals surface area contributed by atoms with Crippen LogP contribution in [0.25, 0.3) is 113 Å². The molecule has 86 heavy (non-hydrogen) atoms. The molecule has 18 rings (SSSR count). The molecule has 0 saturated carbocycles. The monoisotopic (exact) mass is 1100 g/mol. The molecule has 13 aromatic rings. The largest absolute Gasteiger partial charge is 0.208 e. The lowest BCUT2D eigenvalue weighted by Crippen LogP contribution is -2.27. The van der Waals surface area contributed by atoms with Crippen LogP contribution in [0.1, 0.15) is 95.2 Å². The van der Waals surface area contributed by atoms with Gasteiger partial charge in [0, 0.05) is 56.0 Å². The molecule has 2 aromatic heterocycles. The van der Waals surface area contributed by atoms with E-state index >= 15 is 0 Å². The van der Waals surface area contributed by atoms with E-state index in [0.717, 1.165) is 33.4 Å². The zero-order valence-corrected chi connectivity index (χ0v) is 48.1. The van der Waals surface area contributed by atoms with E-state index in [1.807, 2.05) is 36.4 Å². The van der Waals surface area contributed by atoms with Crippen LogP contribution in [0.15, 0.2) is 255 Å². The van der Waals surface area contributed by atoms with E-state index in [2.05, 4.69) is 246 Å². The Kier molecular flexibility index (Phi) is 11.0. The highest BCUT2D eigenvalue weighted by atomic mass is 15.0. The Labute approximate surface area is 500 Å². The van der Waals surface area contributed by atoms with Crippen molar-refractivity contribution in [2.45, 2.75) is 50.4 Å². The zero-order chi connectivity index (χ0) is 57.4. The smallest absolute Gasteiger partial charge is 0.164 e. The molecule has 0 saturated heterocycles. The van der Waals surface area contributed by atoms with Gasteiger partial charge in [0.15, 0.2) is 34.9 Å². The Balaban J connectivity index is 0.732. The standard InChI is InChI=1S/C80H56N6/c1-79(2)67-31-15-13-23-57(67)63-29-17-27-55(71(63)79)47-33-37-51(38-34-47)75-81-73(49-19-7-5-8-20-49)83-77(85-75)53-41-43-61-65(45-53)69-59-25-11-12-26-60(59)70(61)66-46-54(42-44-62(66)69)78-84-74(50-21-9-6-10-22-50)82-76(86-78)52-39-35-48(36-40-52)56-28-18-30-64-58-24-14-16-32-68(58)80(3,4)72(56)64/h5-46,69-70H,1-4H3. The third kappa shape index (κ3) is 7.65. The summed E-state index contributed by atoms with van der Waals surface area (Å²) >= 11 is 0. The van der Waals surface area contributed by atoms with Gasteiger partial charge in [-0.25, -0.2) is 29.9 Å². The van der Waals surface area contributed by atoms with E-state index < -0.39 is 0 Å². The molecule has 406 valence electrons. The van der Waals surface area contributed by atoms with Crippen LogP contribution in [0.4, 0.5) is 0 Å². The van der Waals surface area contributed by atoms with Crippen molar-refractivity contribution in [3.8, 4) is 113 Å². The van der Waals surface area contributed by atoms with Crippen LogP contribution in [0.3, 0.4) is 0 Å². The van der Waals surface area contributed by atoms with Gasteiger partial charge in [-0.2, -0.15) is 0 Å². The Hall–Kier alpha value is -10.6. The maximum atomic E-state index is 5.31. The normalized spacial score (nSPS) is 15.6. The van der Waals surface area contributed by atoms with Gasteiger partial charge in [-0.05, 0) is 112 Å². The lowest BCUT2D eigenvalue weighted by molar-refractivity contribution is 0.662. The second-order valence-electron chi connectivity index (χ2n) is 24.5. The van der Waals surface area contributed by atoms with Crippen molar-refractivity contribution >= 4 is 0 Å². The van der Waals surface area contributed by atoms with Crippen LogP contribution in [0, 0.1) is 0 Å². The van der Waals surface area contributed by atoms with Crippen LogP contribution in [-0.4, -0.2) is 29.9 Å². The number of benzene rings is 11. The van der Waals surface area contributed by atoms with Crippen molar-refractivity contribution in [1.29, 1.82) is 0 Å². The van der Waals surface area contributed by atoms with Gasteiger partial charge < -0.3 is 0 Å². The van der Waals surface area contributed by atoms with Crippen LogP contribution in [0.5, 0.6) is 0 Å². The lowest BCUT2D eigenvalue weighted by atomic mass is 9.61. The molecule has 6 nitrogen and oxygen atoms in total. The van der Waals surface area contributed by atoms with Crippen molar-refractivity contribution in [1.82, 2.24) is 29.9 Å². The number of hydrogen-bond acceptors (Lipinski definition) is 6. The molecule has 0 radical (unpaired) electrons. The fourth-order valence-corrected chi connectivity index (χ4v) is 15.0. The van der Waals surface area contributed by atoms with Crippen molar-refractivity contribution in [2.24, 2.45) is 0 Å². The Morgan fingerprint density at radius 2 is 0.500 bits per heavy atom. The van der Waals surface area contributed by atoms with E-state index in [9.17, 15) is 0 Å². The van der Waals surface area contributed by atoms with Gasteiger partial charge >= 0.3 is 0 Å². The summed E-state index contributed by atoms with van der Waals surface area (Å²) in [5.74, 6) is 3.80. The highest BCUT2D eigenvalue weighted by Gasteiger charge is 2.43. The minimum atomic E-state index is -0.129. The lowest BCUT2D eigenvalue weighted by Gasteiger charge is -2.42. The molecule has 0 N–H and O–H groups in total. The molecule has 2 bridgehead atoms. The fourth-order valence-electron chi connectivity index (χ4n) is 15.0. The minimum absolute atomic E-state index is 0.00671. The summed E-state index contributed by atoms with van der Waals surface area (Å²) in [6, 6.07) is 91.8. The molecule has 0 aliphatic heterocycles. The Bertz CT molecular complexity index is 4620.